The van der Waals surface area contributed by atoms with Crippen LogP contribution in [0.4, 0.5) is 10.6 Å². The zero-order chi connectivity index (χ0) is 27.3. The summed E-state index contributed by atoms with van der Waals surface area (Å²) in [5, 5.41) is 6.03. The number of primary amides is 1. The number of hydrogen-bond acceptors (Lipinski definition) is 7. The molecule has 0 aliphatic carbocycles. The van der Waals surface area contributed by atoms with Gasteiger partial charge in [-0.2, -0.15) is 0 Å². The molecule has 1 atom stereocenters. The van der Waals surface area contributed by atoms with Gasteiger partial charge in [-0.15, -0.1) is 0 Å². The molecule has 9 nitrogen and oxygen atoms in total. The molecular weight excluding hydrogens is 472 g/mol. The SMILES string of the molecule is CCC(=O)OC(C)(C)C.NC(=O)C[C@H](CCNC(=O)OCc1ccccc1)c1ccc2c(n1)NCCC2. The summed E-state index contributed by atoms with van der Waals surface area (Å²) in [6.07, 6.45) is 2.80. The Morgan fingerprint density at radius 1 is 1.14 bits per heavy atom. The van der Waals surface area contributed by atoms with E-state index in [9.17, 15) is 14.4 Å². The fourth-order valence-electron chi connectivity index (χ4n) is 3.70. The van der Waals surface area contributed by atoms with Gasteiger partial charge in [0.05, 0.1) is 0 Å². The largest absolute Gasteiger partial charge is 0.460 e. The molecule has 1 aliphatic rings. The van der Waals surface area contributed by atoms with Crippen LogP contribution in [-0.4, -0.2) is 41.6 Å². The van der Waals surface area contributed by atoms with E-state index in [0.717, 1.165) is 36.5 Å². The van der Waals surface area contributed by atoms with Crippen LogP contribution >= 0.6 is 0 Å². The predicted molar refractivity (Wildman–Crippen MR) is 143 cm³/mol. The minimum atomic E-state index is -0.484. The van der Waals surface area contributed by atoms with Crippen molar-refractivity contribution in [3.05, 3.63) is 59.3 Å². The molecule has 0 saturated carbocycles. The van der Waals surface area contributed by atoms with Gasteiger partial charge in [0.15, 0.2) is 0 Å². The highest BCUT2D eigenvalue weighted by Gasteiger charge is 2.19. The van der Waals surface area contributed by atoms with Crippen LogP contribution in [-0.2, 0) is 32.1 Å². The first-order valence-corrected chi connectivity index (χ1v) is 12.8. The number of rotatable bonds is 9. The fraction of sp³-hybridized carbons (Fsp3) is 0.500. The third-order valence-corrected chi connectivity index (χ3v) is 5.47. The Bertz CT molecular complexity index is 1020. The number of aryl methyl sites for hydroxylation is 1. The topological polar surface area (TPSA) is 133 Å². The summed E-state index contributed by atoms with van der Waals surface area (Å²) >= 11 is 0. The van der Waals surface area contributed by atoms with Gasteiger partial charge in [-0.25, -0.2) is 9.78 Å². The van der Waals surface area contributed by atoms with E-state index in [1.54, 1.807) is 6.92 Å². The lowest BCUT2D eigenvalue weighted by Gasteiger charge is -2.21. The van der Waals surface area contributed by atoms with Crippen LogP contribution in [0.2, 0.25) is 0 Å². The number of anilines is 1. The molecule has 3 rings (SSSR count). The number of carbonyl (C=O) groups is 3. The van der Waals surface area contributed by atoms with E-state index in [1.807, 2.05) is 57.2 Å². The van der Waals surface area contributed by atoms with Crippen LogP contribution in [0.1, 0.15) is 76.1 Å². The van der Waals surface area contributed by atoms with E-state index < -0.39 is 6.09 Å². The highest BCUT2D eigenvalue weighted by Crippen LogP contribution is 2.26. The van der Waals surface area contributed by atoms with Crippen molar-refractivity contribution in [2.24, 2.45) is 5.73 Å². The summed E-state index contributed by atoms with van der Waals surface area (Å²) < 4.78 is 10.2. The quantitative estimate of drug-likeness (QED) is 0.423. The average molecular weight is 513 g/mol. The van der Waals surface area contributed by atoms with Crippen molar-refractivity contribution >= 4 is 23.8 Å². The monoisotopic (exact) mass is 512 g/mol. The smallest absolute Gasteiger partial charge is 0.407 e. The first kappa shape index (κ1) is 29.6. The molecule has 9 heteroatoms. The average Bonchev–Trinajstić information content (AvgIpc) is 2.86. The highest BCUT2D eigenvalue weighted by atomic mass is 16.6. The number of esters is 1. The van der Waals surface area contributed by atoms with Crippen LogP contribution in [0.3, 0.4) is 0 Å². The molecular formula is C28H40N4O5. The maximum absolute atomic E-state index is 11.9. The van der Waals surface area contributed by atoms with E-state index in [0.29, 0.717) is 19.4 Å². The van der Waals surface area contributed by atoms with Crippen molar-refractivity contribution in [3.63, 3.8) is 0 Å². The number of pyridine rings is 1. The van der Waals surface area contributed by atoms with Gasteiger partial charge in [-0.1, -0.05) is 43.3 Å². The summed E-state index contributed by atoms with van der Waals surface area (Å²) in [6.45, 7) is 8.86. The van der Waals surface area contributed by atoms with Crippen LogP contribution < -0.4 is 16.4 Å². The molecule has 0 radical (unpaired) electrons. The van der Waals surface area contributed by atoms with Crippen molar-refractivity contribution in [1.29, 1.82) is 0 Å². The highest BCUT2D eigenvalue weighted by molar-refractivity contribution is 5.74. The molecule has 2 aromatic rings. The Balaban J connectivity index is 0.000000458. The number of ether oxygens (including phenoxy) is 2. The first-order chi connectivity index (χ1) is 17.6. The maximum Gasteiger partial charge on any atom is 0.407 e. The molecule has 0 saturated heterocycles. The molecule has 0 fully saturated rings. The Hall–Kier alpha value is -3.62. The zero-order valence-electron chi connectivity index (χ0n) is 22.3. The van der Waals surface area contributed by atoms with Crippen molar-refractivity contribution in [2.45, 2.75) is 77.9 Å². The molecule has 1 aromatic carbocycles. The molecule has 2 amide bonds. The number of benzene rings is 1. The minimum absolute atomic E-state index is 0.137. The number of carbonyl (C=O) groups excluding carboxylic acids is 3. The second-order valence-corrected chi connectivity index (χ2v) is 9.86. The van der Waals surface area contributed by atoms with Crippen LogP contribution in [0.15, 0.2) is 42.5 Å². The van der Waals surface area contributed by atoms with Crippen LogP contribution in [0.25, 0.3) is 0 Å². The molecule has 2 heterocycles. The number of nitrogens with one attached hydrogen (secondary N) is 2. The van der Waals surface area contributed by atoms with E-state index in [-0.39, 0.29) is 36.4 Å². The van der Waals surface area contributed by atoms with Crippen LogP contribution in [0.5, 0.6) is 0 Å². The molecule has 4 N–H and O–H groups in total. The van der Waals surface area contributed by atoms with E-state index in [2.05, 4.69) is 21.7 Å². The third-order valence-electron chi connectivity index (χ3n) is 5.47. The number of nitrogens with zero attached hydrogens (tertiary/aromatic N) is 1. The van der Waals surface area contributed by atoms with Crippen molar-refractivity contribution in [1.82, 2.24) is 10.3 Å². The number of aromatic nitrogens is 1. The van der Waals surface area contributed by atoms with Gasteiger partial charge in [0.25, 0.3) is 0 Å². The second kappa shape index (κ2) is 14.8. The molecule has 0 unspecified atom stereocenters. The fourth-order valence-corrected chi connectivity index (χ4v) is 3.70. The number of amides is 2. The molecule has 37 heavy (non-hydrogen) atoms. The lowest BCUT2D eigenvalue weighted by molar-refractivity contribution is -0.154. The Morgan fingerprint density at radius 3 is 2.49 bits per heavy atom. The van der Waals surface area contributed by atoms with Gasteiger partial charge in [-0.3, -0.25) is 9.59 Å². The summed E-state index contributed by atoms with van der Waals surface area (Å²) in [5.41, 5.74) is 8.02. The molecule has 0 spiro atoms. The second-order valence-electron chi connectivity index (χ2n) is 9.86. The molecule has 1 aromatic heterocycles. The lowest BCUT2D eigenvalue weighted by atomic mass is 9.95. The number of nitrogens with two attached hydrogens (primary N) is 1. The minimum Gasteiger partial charge on any atom is -0.460 e. The van der Waals surface area contributed by atoms with Crippen molar-refractivity contribution < 1.29 is 23.9 Å². The molecule has 202 valence electrons. The first-order valence-electron chi connectivity index (χ1n) is 12.8. The normalized spacial score (nSPS) is 13.1. The summed E-state index contributed by atoms with van der Waals surface area (Å²) in [4.78, 5) is 38.7. The van der Waals surface area contributed by atoms with Gasteiger partial charge in [0.2, 0.25) is 5.91 Å². The number of alkyl carbamates (subject to hydrolysis) is 1. The van der Waals surface area contributed by atoms with Crippen molar-refractivity contribution in [2.75, 3.05) is 18.4 Å². The van der Waals surface area contributed by atoms with Crippen LogP contribution in [0, 0.1) is 0 Å². The maximum atomic E-state index is 11.9. The third kappa shape index (κ3) is 11.8. The van der Waals surface area contributed by atoms with Gasteiger partial charge >= 0.3 is 12.1 Å². The van der Waals surface area contributed by atoms with E-state index in [4.69, 9.17) is 15.2 Å². The Kier molecular flexibility index (Phi) is 11.9. The lowest BCUT2D eigenvalue weighted by Crippen LogP contribution is -2.27. The Labute approximate surface area is 219 Å². The van der Waals surface area contributed by atoms with Gasteiger partial charge < -0.3 is 25.8 Å². The number of hydrogen-bond donors (Lipinski definition) is 3. The standard InChI is InChI=1S/C21H26N4O3.C7H14O2/c22-19(26)13-17(18-9-8-16-7-4-11-23-20(16)25-18)10-12-24-21(27)28-14-15-5-2-1-3-6-15;1-5-6(8)9-7(2,3)4/h1-3,5-6,8-9,17H,4,7,10-14H2,(H2,22,26)(H,23,25)(H,24,27);5H2,1-4H3/t17-;/m0./s1. The number of fused-ring (bicyclic) bond motifs is 1. The summed E-state index contributed by atoms with van der Waals surface area (Å²) in [5.74, 6) is 0.209. The van der Waals surface area contributed by atoms with E-state index in [1.165, 1.54) is 5.56 Å². The van der Waals surface area contributed by atoms with Gasteiger partial charge in [0.1, 0.15) is 18.0 Å². The predicted octanol–water partition coefficient (Wildman–Crippen LogP) is 4.45. The summed E-state index contributed by atoms with van der Waals surface area (Å²) in [7, 11) is 0. The zero-order valence-corrected chi connectivity index (χ0v) is 22.3. The molecule has 1 aliphatic heterocycles. The molecule has 0 bridgehead atoms. The van der Waals surface area contributed by atoms with Gasteiger partial charge in [-0.05, 0) is 57.2 Å². The Morgan fingerprint density at radius 2 is 1.86 bits per heavy atom. The van der Waals surface area contributed by atoms with Gasteiger partial charge in [0, 0.05) is 37.5 Å². The summed E-state index contributed by atoms with van der Waals surface area (Å²) in [6, 6.07) is 13.5. The van der Waals surface area contributed by atoms with Crippen molar-refractivity contribution in [3.8, 4) is 0 Å². The van der Waals surface area contributed by atoms with E-state index >= 15 is 0 Å².